The van der Waals surface area contributed by atoms with Gasteiger partial charge in [0.25, 0.3) is 0 Å². The monoisotopic (exact) mass is 405 g/mol. The van der Waals surface area contributed by atoms with Gasteiger partial charge in [-0.25, -0.2) is 9.37 Å². The van der Waals surface area contributed by atoms with Crippen LogP contribution >= 0.6 is 27.3 Å². The van der Waals surface area contributed by atoms with Crippen molar-refractivity contribution in [2.75, 3.05) is 10.6 Å². The quantitative estimate of drug-likeness (QED) is 0.422. The maximum absolute atomic E-state index is 13.8. The lowest BCUT2D eigenvalue weighted by molar-refractivity contribution is -0.0999. The van der Waals surface area contributed by atoms with Crippen molar-refractivity contribution in [2.24, 2.45) is 0 Å². The molecule has 0 aliphatic carbocycles. The van der Waals surface area contributed by atoms with Crippen LogP contribution < -0.4 is 10.6 Å². The third kappa shape index (κ3) is 3.91. The Morgan fingerprint density at radius 1 is 1.09 bits per heavy atom. The normalized spacial score (nSPS) is 11.7. The van der Waals surface area contributed by atoms with Gasteiger partial charge in [-0.3, -0.25) is 5.32 Å². The second-order valence-corrected chi connectivity index (χ2v) is 6.52. The predicted octanol–water partition coefficient (Wildman–Crippen LogP) is 5.87. The summed E-state index contributed by atoms with van der Waals surface area (Å²) < 4.78 is 51.9. The van der Waals surface area contributed by atoms with Crippen LogP contribution in [0.5, 0.6) is 0 Å². The van der Waals surface area contributed by atoms with Crippen molar-refractivity contribution in [3.8, 4) is 0 Å². The molecule has 0 atom stereocenters. The number of thiazole rings is 1. The predicted molar refractivity (Wildman–Crippen MR) is 86.7 cm³/mol. The number of benzene rings is 2. The fourth-order valence-corrected chi connectivity index (χ4v) is 3.18. The van der Waals surface area contributed by atoms with Crippen molar-refractivity contribution < 1.29 is 17.6 Å². The molecule has 0 amide bonds. The van der Waals surface area contributed by atoms with Crippen LogP contribution in [0.15, 0.2) is 40.9 Å². The number of hydrogen-bond donors (Lipinski definition) is 2. The molecule has 120 valence electrons. The highest BCUT2D eigenvalue weighted by atomic mass is 79.9. The van der Waals surface area contributed by atoms with Gasteiger partial charge in [0, 0.05) is 10.2 Å². The molecule has 0 radical (unpaired) electrons. The van der Waals surface area contributed by atoms with E-state index >= 15 is 0 Å². The van der Waals surface area contributed by atoms with Crippen LogP contribution in [0, 0.1) is 5.82 Å². The molecule has 9 heteroatoms. The van der Waals surface area contributed by atoms with Crippen molar-refractivity contribution in [3.05, 3.63) is 46.7 Å². The van der Waals surface area contributed by atoms with E-state index in [9.17, 15) is 17.6 Å². The van der Waals surface area contributed by atoms with Crippen LogP contribution in [0.1, 0.15) is 0 Å². The molecule has 3 rings (SSSR count). The molecule has 2 aromatic carbocycles. The van der Waals surface area contributed by atoms with Gasteiger partial charge in [-0.05, 0) is 36.4 Å². The molecule has 3 aromatic rings. The first kappa shape index (κ1) is 16.0. The topological polar surface area (TPSA) is 37.0 Å². The lowest BCUT2D eigenvalue weighted by Crippen LogP contribution is -2.20. The van der Waals surface area contributed by atoms with Crippen molar-refractivity contribution in [3.63, 3.8) is 0 Å². The number of nitrogens with zero attached hydrogens (tertiary/aromatic N) is 1. The number of rotatable bonds is 3. The maximum atomic E-state index is 13.8. The fourth-order valence-electron chi connectivity index (χ4n) is 1.93. The Balaban J connectivity index is 1.88. The van der Waals surface area contributed by atoms with Gasteiger partial charge >= 0.3 is 6.30 Å². The van der Waals surface area contributed by atoms with Crippen molar-refractivity contribution >= 4 is 54.0 Å². The lowest BCUT2D eigenvalue weighted by atomic mass is 10.3. The molecule has 0 aliphatic heterocycles. The molecule has 0 unspecified atom stereocenters. The number of aromatic nitrogens is 1. The summed E-state index contributed by atoms with van der Waals surface area (Å²) in [7, 11) is 0. The standard InChI is InChI=1S/C14H8BrF4N3S/c15-7-1-3-10(9(16)5-7)20-13-21-11-4-2-8(6-12(11)23-13)22-14(17,18)19/h1-6,22H,(H,20,21). The zero-order chi connectivity index (χ0) is 16.6. The second kappa shape index (κ2) is 5.97. The largest absolute Gasteiger partial charge is 0.482 e. The van der Waals surface area contributed by atoms with E-state index in [0.717, 1.165) is 11.3 Å². The average molecular weight is 406 g/mol. The van der Waals surface area contributed by atoms with Gasteiger partial charge in [-0.15, -0.1) is 0 Å². The summed E-state index contributed by atoms with van der Waals surface area (Å²) >= 11 is 4.30. The van der Waals surface area contributed by atoms with Crippen molar-refractivity contribution in [2.45, 2.75) is 6.30 Å². The summed E-state index contributed by atoms with van der Waals surface area (Å²) in [6.07, 6.45) is -4.50. The molecule has 1 aromatic heterocycles. The van der Waals surface area contributed by atoms with Gasteiger partial charge in [0.05, 0.1) is 15.9 Å². The minimum atomic E-state index is -4.50. The minimum Gasteiger partial charge on any atom is -0.329 e. The summed E-state index contributed by atoms with van der Waals surface area (Å²) in [6, 6.07) is 8.64. The van der Waals surface area contributed by atoms with Crippen molar-refractivity contribution in [1.82, 2.24) is 4.98 Å². The lowest BCUT2D eigenvalue weighted by Gasteiger charge is -2.08. The van der Waals surface area contributed by atoms with E-state index in [-0.39, 0.29) is 11.4 Å². The van der Waals surface area contributed by atoms with E-state index in [4.69, 9.17) is 0 Å². The molecule has 0 spiro atoms. The first-order chi connectivity index (χ1) is 10.8. The number of hydrogen-bond acceptors (Lipinski definition) is 4. The van der Waals surface area contributed by atoms with E-state index in [1.165, 1.54) is 29.6 Å². The summed E-state index contributed by atoms with van der Waals surface area (Å²) in [5.74, 6) is -0.460. The fraction of sp³-hybridized carbons (Fsp3) is 0.0714. The van der Waals surface area contributed by atoms with Gasteiger partial charge in [0.15, 0.2) is 5.13 Å². The highest BCUT2D eigenvalue weighted by molar-refractivity contribution is 9.10. The van der Waals surface area contributed by atoms with Crippen LogP contribution in [0.4, 0.5) is 34.1 Å². The van der Waals surface area contributed by atoms with Crippen LogP contribution in [0.2, 0.25) is 0 Å². The molecule has 0 saturated heterocycles. The Hall–Kier alpha value is -1.87. The number of nitrogens with one attached hydrogen (secondary N) is 2. The van der Waals surface area contributed by atoms with E-state index in [0.29, 0.717) is 19.8 Å². The smallest absolute Gasteiger partial charge is 0.329 e. The highest BCUT2D eigenvalue weighted by Gasteiger charge is 2.27. The van der Waals surface area contributed by atoms with Crippen LogP contribution in [-0.4, -0.2) is 11.3 Å². The zero-order valence-electron chi connectivity index (χ0n) is 11.2. The van der Waals surface area contributed by atoms with Gasteiger partial charge in [0.1, 0.15) is 5.82 Å². The molecular weight excluding hydrogens is 398 g/mol. The van der Waals surface area contributed by atoms with Gasteiger partial charge in [-0.1, -0.05) is 27.3 Å². The van der Waals surface area contributed by atoms with Gasteiger partial charge < -0.3 is 5.32 Å². The van der Waals surface area contributed by atoms with Crippen molar-refractivity contribution in [1.29, 1.82) is 0 Å². The molecule has 0 aliphatic rings. The van der Waals surface area contributed by atoms with Crippen LogP contribution in [-0.2, 0) is 0 Å². The molecule has 0 bridgehead atoms. The summed E-state index contributed by atoms with van der Waals surface area (Å²) in [5, 5.41) is 4.66. The third-order valence-corrected chi connectivity index (χ3v) is 4.27. The molecule has 0 fully saturated rings. The minimum absolute atomic E-state index is 0.0741. The van der Waals surface area contributed by atoms with E-state index < -0.39 is 12.1 Å². The molecule has 1 heterocycles. The van der Waals surface area contributed by atoms with E-state index in [1.54, 1.807) is 12.1 Å². The Bertz CT molecular complexity index is 863. The van der Waals surface area contributed by atoms with Crippen LogP contribution in [0.3, 0.4) is 0 Å². The molecule has 23 heavy (non-hydrogen) atoms. The second-order valence-electron chi connectivity index (χ2n) is 4.57. The molecular formula is C14H8BrF4N3S. The SMILES string of the molecule is Fc1cc(Br)ccc1Nc1nc2ccc(NC(F)(F)F)cc2s1. The molecule has 2 N–H and O–H groups in total. The number of alkyl halides is 3. The van der Waals surface area contributed by atoms with Gasteiger partial charge in [0.2, 0.25) is 0 Å². The number of anilines is 3. The first-order valence-electron chi connectivity index (χ1n) is 6.28. The summed E-state index contributed by atoms with van der Waals surface area (Å²) in [4.78, 5) is 4.23. The Kier molecular flexibility index (Phi) is 4.15. The maximum Gasteiger partial charge on any atom is 0.482 e. The molecule has 3 nitrogen and oxygen atoms in total. The van der Waals surface area contributed by atoms with E-state index in [1.807, 2.05) is 0 Å². The van der Waals surface area contributed by atoms with Gasteiger partial charge in [-0.2, -0.15) is 13.2 Å². The zero-order valence-corrected chi connectivity index (χ0v) is 13.6. The highest BCUT2D eigenvalue weighted by Crippen LogP contribution is 2.32. The first-order valence-corrected chi connectivity index (χ1v) is 7.89. The summed E-state index contributed by atoms with van der Waals surface area (Å²) in [5.41, 5.74) is 0.693. The third-order valence-electron chi connectivity index (χ3n) is 2.85. The number of fused-ring (bicyclic) bond motifs is 1. The Labute approximate surface area is 140 Å². The number of halogens is 5. The Morgan fingerprint density at radius 3 is 2.57 bits per heavy atom. The average Bonchev–Trinajstić information content (AvgIpc) is 2.82. The summed E-state index contributed by atoms with van der Waals surface area (Å²) in [6.45, 7) is 0. The molecule has 0 saturated carbocycles. The Morgan fingerprint density at radius 2 is 1.87 bits per heavy atom. The van der Waals surface area contributed by atoms with Crippen LogP contribution in [0.25, 0.3) is 10.2 Å². The van der Waals surface area contributed by atoms with E-state index in [2.05, 4.69) is 26.2 Å².